The maximum atomic E-state index is 11.7. The second-order valence-electron chi connectivity index (χ2n) is 13.3. The van der Waals surface area contributed by atoms with Gasteiger partial charge in [-0.05, 0) is 91.6 Å². The first-order chi connectivity index (χ1) is 25.1. The summed E-state index contributed by atoms with van der Waals surface area (Å²) in [7, 11) is 0. The van der Waals surface area contributed by atoms with Crippen LogP contribution in [0.25, 0.3) is 33.4 Å². The van der Waals surface area contributed by atoms with E-state index in [1.54, 1.807) is 12.1 Å². The van der Waals surface area contributed by atoms with E-state index in [0.29, 0.717) is 12.2 Å². The maximum Gasteiger partial charge on any atom is 0.335 e. The largest absolute Gasteiger partial charge is 0.478 e. The SMILES string of the molecule is O=COc1ccc(-c2ccc3c(c2)B(c2ccccc2)c2cccc4c2N3c2ccc(-c3ccc(C(=O)O)cc3)c3c2B4c2ccccc2-3)cc1. The lowest BCUT2D eigenvalue weighted by Crippen LogP contribution is -2.64. The van der Waals surface area contributed by atoms with Crippen LogP contribution < -0.4 is 42.4 Å². The lowest BCUT2D eigenvalue weighted by atomic mass is 9.31. The molecule has 0 saturated carbocycles. The van der Waals surface area contributed by atoms with Crippen LogP contribution in [0.2, 0.25) is 0 Å². The molecule has 1 N–H and O–H groups in total. The fourth-order valence-corrected chi connectivity index (χ4v) is 8.67. The number of benzene rings is 7. The summed E-state index contributed by atoms with van der Waals surface area (Å²) in [5.41, 5.74) is 18.0. The van der Waals surface area contributed by atoms with Gasteiger partial charge in [-0.25, -0.2) is 4.79 Å². The molecule has 0 radical (unpaired) electrons. The van der Waals surface area contributed by atoms with Crippen molar-refractivity contribution in [3.8, 4) is 39.1 Å². The minimum Gasteiger partial charge on any atom is -0.478 e. The van der Waals surface area contributed by atoms with E-state index in [2.05, 4.69) is 108 Å². The fraction of sp³-hybridized carbons (Fsp3) is 0. The van der Waals surface area contributed by atoms with Gasteiger partial charge in [-0.3, -0.25) is 4.79 Å². The summed E-state index contributed by atoms with van der Waals surface area (Å²) in [6, 6.07) is 52.3. The minimum atomic E-state index is -0.931. The molecule has 5 nitrogen and oxygen atoms in total. The molecule has 3 aliphatic rings. The van der Waals surface area contributed by atoms with E-state index in [-0.39, 0.29) is 19.0 Å². The summed E-state index contributed by atoms with van der Waals surface area (Å²) in [6.07, 6.45) is 0. The first-order valence-electron chi connectivity index (χ1n) is 17.0. The number of ether oxygens (including phenoxy) is 1. The highest BCUT2D eigenvalue weighted by Crippen LogP contribution is 2.44. The van der Waals surface area contributed by atoms with Crippen LogP contribution in [0, 0.1) is 0 Å². The lowest BCUT2D eigenvalue weighted by Gasteiger charge is -2.43. The summed E-state index contributed by atoms with van der Waals surface area (Å²) in [5, 5.41) is 9.58. The number of hydrogen-bond acceptors (Lipinski definition) is 4. The van der Waals surface area contributed by atoms with Crippen molar-refractivity contribution in [1.82, 2.24) is 0 Å². The van der Waals surface area contributed by atoms with Crippen LogP contribution in [0.3, 0.4) is 0 Å². The molecule has 0 amide bonds. The molecule has 0 unspecified atom stereocenters. The normalized spacial score (nSPS) is 12.8. The van der Waals surface area contributed by atoms with E-state index in [1.165, 1.54) is 49.6 Å². The molecule has 0 fully saturated rings. The molecule has 0 atom stereocenters. The molecule has 3 aliphatic heterocycles. The quantitative estimate of drug-likeness (QED) is 0.193. The van der Waals surface area contributed by atoms with E-state index in [9.17, 15) is 14.7 Å². The Balaban J connectivity index is 1.23. The van der Waals surface area contributed by atoms with E-state index in [1.807, 2.05) is 36.4 Å². The lowest BCUT2D eigenvalue weighted by molar-refractivity contribution is -0.120. The molecule has 3 heterocycles. The van der Waals surface area contributed by atoms with Gasteiger partial charge in [0, 0.05) is 17.1 Å². The molecular weight excluding hydrogens is 628 g/mol. The Morgan fingerprint density at radius 2 is 1.25 bits per heavy atom. The highest BCUT2D eigenvalue weighted by Gasteiger charge is 2.47. The molecule has 0 aliphatic carbocycles. The van der Waals surface area contributed by atoms with Gasteiger partial charge in [0.15, 0.2) is 0 Å². The van der Waals surface area contributed by atoms with Crippen LogP contribution in [0.5, 0.6) is 5.75 Å². The Hall–Kier alpha value is -6.59. The molecule has 7 aromatic rings. The van der Waals surface area contributed by atoms with E-state index >= 15 is 0 Å². The van der Waals surface area contributed by atoms with Crippen LogP contribution in [-0.4, -0.2) is 31.0 Å². The predicted octanol–water partition coefficient (Wildman–Crippen LogP) is 5.36. The van der Waals surface area contributed by atoms with Crippen molar-refractivity contribution in [2.24, 2.45) is 0 Å². The zero-order chi connectivity index (χ0) is 34.2. The number of aromatic carboxylic acids is 1. The van der Waals surface area contributed by atoms with Gasteiger partial charge in [0.25, 0.3) is 6.47 Å². The molecular formula is C44H27B2NO4. The summed E-state index contributed by atoms with van der Waals surface area (Å²) in [5.74, 6) is -0.423. The van der Waals surface area contributed by atoms with Gasteiger partial charge in [-0.15, -0.1) is 0 Å². The smallest absolute Gasteiger partial charge is 0.335 e. The van der Waals surface area contributed by atoms with Crippen molar-refractivity contribution in [2.45, 2.75) is 0 Å². The molecule has 0 aromatic heterocycles. The number of rotatable bonds is 6. The van der Waals surface area contributed by atoms with E-state index < -0.39 is 5.97 Å². The second kappa shape index (κ2) is 11.2. The van der Waals surface area contributed by atoms with Crippen molar-refractivity contribution >= 4 is 75.7 Å². The van der Waals surface area contributed by atoms with Gasteiger partial charge < -0.3 is 14.7 Å². The molecule has 0 bridgehead atoms. The number of carbonyl (C=O) groups excluding carboxylic acids is 1. The highest BCUT2D eigenvalue weighted by molar-refractivity contribution is 7.04. The monoisotopic (exact) mass is 655 g/mol. The number of carbonyl (C=O) groups is 2. The Kier molecular flexibility index (Phi) is 6.46. The van der Waals surface area contributed by atoms with Crippen LogP contribution >= 0.6 is 0 Å². The number of para-hydroxylation sites is 1. The molecule has 7 heteroatoms. The second-order valence-corrected chi connectivity index (χ2v) is 13.3. The zero-order valence-corrected chi connectivity index (χ0v) is 27.3. The number of carboxylic acid groups (broad SMARTS) is 1. The van der Waals surface area contributed by atoms with E-state index in [0.717, 1.165) is 33.6 Å². The van der Waals surface area contributed by atoms with E-state index in [4.69, 9.17) is 4.74 Å². The fourth-order valence-electron chi connectivity index (χ4n) is 8.67. The highest BCUT2D eigenvalue weighted by atomic mass is 16.5. The van der Waals surface area contributed by atoms with Gasteiger partial charge >= 0.3 is 5.97 Å². The first kappa shape index (κ1) is 29.3. The summed E-state index contributed by atoms with van der Waals surface area (Å²) < 4.78 is 5.07. The number of anilines is 3. The van der Waals surface area contributed by atoms with Crippen molar-refractivity contribution in [1.29, 1.82) is 0 Å². The van der Waals surface area contributed by atoms with Crippen LogP contribution in [0.4, 0.5) is 17.1 Å². The van der Waals surface area contributed by atoms with Crippen molar-refractivity contribution in [3.05, 3.63) is 157 Å². The Bertz CT molecular complexity index is 2570. The molecule has 0 saturated heterocycles. The number of carboxylic acids is 1. The van der Waals surface area contributed by atoms with Gasteiger partial charge in [-0.2, -0.15) is 0 Å². The van der Waals surface area contributed by atoms with Crippen molar-refractivity contribution < 1.29 is 19.4 Å². The third-order valence-electron chi connectivity index (χ3n) is 10.8. The minimum absolute atomic E-state index is 0.00899. The number of fused-ring (bicyclic) bond motifs is 7. The third kappa shape index (κ3) is 4.31. The van der Waals surface area contributed by atoms with Gasteiger partial charge in [0.1, 0.15) is 5.75 Å². The number of nitrogens with zero attached hydrogens (tertiary/aromatic N) is 1. The van der Waals surface area contributed by atoms with Crippen molar-refractivity contribution in [3.63, 3.8) is 0 Å². The Morgan fingerprint density at radius 3 is 2.02 bits per heavy atom. The molecule has 51 heavy (non-hydrogen) atoms. The van der Waals surface area contributed by atoms with Crippen LogP contribution in [0.15, 0.2) is 152 Å². The summed E-state index contributed by atoms with van der Waals surface area (Å²) in [6.45, 7) is 0.513. The van der Waals surface area contributed by atoms with Crippen LogP contribution in [-0.2, 0) is 4.79 Å². The van der Waals surface area contributed by atoms with Gasteiger partial charge in [0.05, 0.1) is 5.56 Å². The zero-order valence-electron chi connectivity index (χ0n) is 27.3. The first-order valence-corrected chi connectivity index (χ1v) is 17.0. The predicted molar refractivity (Wildman–Crippen MR) is 207 cm³/mol. The maximum absolute atomic E-state index is 11.7. The Labute approximate surface area is 295 Å². The summed E-state index contributed by atoms with van der Waals surface area (Å²) in [4.78, 5) is 25.1. The van der Waals surface area contributed by atoms with Crippen LogP contribution in [0.1, 0.15) is 10.4 Å². The average molecular weight is 655 g/mol. The summed E-state index contributed by atoms with van der Waals surface area (Å²) >= 11 is 0. The topological polar surface area (TPSA) is 66.8 Å². The third-order valence-corrected chi connectivity index (χ3v) is 10.8. The van der Waals surface area contributed by atoms with Crippen molar-refractivity contribution in [2.75, 3.05) is 4.90 Å². The van der Waals surface area contributed by atoms with Gasteiger partial charge in [-0.1, -0.05) is 126 Å². The molecule has 0 spiro atoms. The molecule has 238 valence electrons. The molecule has 10 rings (SSSR count). The Morgan fingerprint density at radius 1 is 0.588 bits per heavy atom. The number of hydrogen-bond donors (Lipinski definition) is 1. The molecule has 7 aromatic carbocycles. The standard InChI is InChI=1S/C44H27B2NO4/c48-26-51-32-20-17-27(18-21-32)30-19-23-39-38(25-30)45(31-7-2-1-3-8-31)36-11-6-12-37-43(36)47(39)40-24-22-33(28-13-15-29(16-14-28)44(49)50)41-34-9-4-5-10-35(34)46(37)42(40)41/h1-26H,(H,49,50). The average Bonchev–Trinajstić information content (AvgIpc) is 3.53. The van der Waals surface area contributed by atoms with Gasteiger partial charge in [0.2, 0.25) is 13.4 Å².